The summed E-state index contributed by atoms with van der Waals surface area (Å²) in [6.45, 7) is 1.92. The summed E-state index contributed by atoms with van der Waals surface area (Å²) < 4.78 is 7.29. The quantitative estimate of drug-likeness (QED) is 0.381. The second-order valence-electron chi connectivity index (χ2n) is 9.01. The van der Waals surface area contributed by atoms with Gasteiger partial charge in [0.1, 0.15) is 12.1 Å². The minimum atomic E-state index is -0.937. The first kappa shape index (κ1) is 23.9. The molecule has 3 heterocycles. The third-order valence-corrected chi connectivity index (χ3v) is 7.38. The Bertz CT molecular complexity index is 1280. The normalized spacial score (nSPS) is 14.9. The molecule has 36 heavy (non-hydrogen) atoms. The second-order valence-corrected chi connectivity index (χ2v) is 10.0. The number of aryl methyl sites for hydroxylation is 1. The van der Waals surface area contributed by atoms with E-state index in [0.29, 0.717) is 11.4 Å². The van der Waals surface area contributed by atoms with E-state index in [2.05, 4.69) is 20.8 Å². The van der Waals surface area contributed by atoms with Gasteiger partial charge in [-0.15, -0.1) is 16.4 Å². The van der Waals surface area contributed by atoms with Gasteiger partial charge in [-0.05, 0) is 77.5 Å². The van der Waals surface area contributed by atoms with Crippen LogP contribution >= 0.6 is 11.3 Å². The highest BCUT2D eigenvalue weighted by atomic mass is 32.1. The summed E-state index contributed by atoms with van der Waals surface area (Å²) in [5.41, 5.74) is 2.25. The van der Waals surface area contributed by atoms with Gasteiger partial charge in [0.05, 0.1) is 18.4 Å². The first-order valence-electron chi connectivity index (χ1n) is 12.1. The minimum absolute atomic E-state index is 0.0990. The van der Waals surface area contributed by atoms with Crippen molar-refractivity contribution in [3.63, 3.8) is 0 Å². The maximum absolute atomic E-state index is 13.8. The number of rotatable bonds is 8. The van der Waals surface area contributed by atoms with Gasteiger partial charge in [-0.3, -0.25) is 14.5 Å². The molecule has 1 saturated carbocycles. The fraction of sp³-hybridized carbons (Fsp3) is 0.346. The Labute approximate surface area is 213 Å². The molecule has 2 amide bonds. The molecule has 3 aromatic heterocycles. The van der Waals surface area contributed by atoms with E-state index in [1.807, 2.05) is 42.6 Å². The molecule has 10 heteroatoms. The fourth-order valence-electron chi connectivity index (χ4n) is 4.75. The predicted molar refractivity (Wildman–Crippen MR) is 136 cm³/mol. The molecular formula is C26H28N6O3S. The van der Waals surface area contributed by atoms with E-state index in [0.717, 1.165) is 41.8 Å². The van der Waals surface area contributed by atoms with Crippen molar-refractivity contribution in [1.82, 2.24) is 25.5 Å². The van der Waals surface area contributed by atoms with Crippen LogP contribution in [0.4, 0.5) is 5.69 Å². The molecule has 5 rings (SSSR count). The summed E-state index contributed by atoms with van der Waals surface area (Å²) in [4.78, 5) is 30.1. The maximum Gasteiger partial charge on any atom is 0.251 e. The zero-order valence-electron chi connectivity index (χ0n) is 20.0. The number of nitrogens with zero attached hydrogens (tertiary/aromatic N) is 5. The van der Waals surface area contributed by atoms with Gasteiger partial charge in [-0.2, -0.15) is 0 Å². The number of benzene rings is 1. The molecule has 0 saturated heterocycles. The van der Waals surface area contributed by atoms with Crippen LogP contribution in [0.3, 0.4) is 0 Å². The maximum atomic E-state index is 13.8. The average molecular weight is 505 g/mol. The highest BCUT2D eigenvalue weighted by Gasteiger charge is 2.36. The first-order chi connectivity index (χ1) is 17.6. The van der Waals surface area contributed by atoms with E-state index in [9.17, 15) is 9.59 Å². The van der Waals surface area contributed by atoms with Crippen molar-refractivity contribution in [2.45, 2.75) is 57.5 Å². The van der Waals surface area contributed by atoms with Crippen LogP contribution in [0.5, 0.6) is 0 Å². The number of aromatic nitrogens is 4. The van der Waals surface area contributed by atoms with Crippen molar-refractivity contribution in [2.24, 2.45) is 0 Å². The van der Waals surface area contributed by atoms with E-state index < -0.39 is 6.04 Å². The van der Waals surface area contributed by atoms with Crippen LogP contribution in [0.1, 0.15) is 54.3 Å². The number of hydrogen-bond acceptors (Lipinski definition) is 7. The van der Waals surface area contributed by atoms with Gasteiger partial charge in [0.25, 0.3) is 5.91 Å². The van der Waals surface area contributed by atoms with Crippen molar-refractivity contribution in [2.75, 3.05) is 4.90 Å². The molecule has 0 radical (unpaired) electrons. The van der Waals surface area contributed by atoms with Gasteiger partial charge >= 0.3 is 0 Å². The standard InChI is InChI=1S/C26H28N6O3S/c1-18-15-20(11-12-22(18)31-17-27-29-30-31)32(24(33)16-21-9-6-14-36-21)25(23-10-5-13-35-23)26(34)28-19-7-3-2-4-8-19/h5-6,9-15,17,19,25H,2-4,7-8,16H2,1H3,(H,28,34). The fourth-order valence-corrected chi connectivity index (χ4v) is 5.45. The third-order valence-electron chi connectivity index (χ3n) is 6.50. The zero-order chi connectivity index (χ0) is 24.9. The molecule has 1 aromatic carbocycles. The molecule has 1 aliphatic rings. The van der Waals surface area contributed by atoms with Crippen molar-refractivity contribution in [3.05, 3.63) is 76.6 Å². The SMILES string of the molecule is Cc1cc(N(C(=O)Cc2cccs2)C(C(=O)NC2CCCCC2)c2ccco2)ccc1-n1cnnn1. The molecular weight excluding hydrogens is 476 g/mol. The monoisotopic (exact) mass is 504 g/mol. The van der Waals surface area contributed by atoms with Gasteiger partial charge < -0.3 is 9.73 Å². The van der Waals surface area contributed by atoms with Gasteiger partial charge in [-0.1, -0.05) is 25.3 Å². The molecule has 1 unspecified atom stereocenters. The summed E-state index contributed by atoms with van der Waals surface area (Å²) >= 11 is 1.52. The molecule has 1 N–H and O–H groups in total. The summed E-state index contributed by atoms with van der Waals surface area (Å²) in [5.74, 6) is -0.00385. The molecule has 0 aliphatic heterocycles. The van der Waals surface area contributed by atoms with Crippen molar-refractivity contribution >= 4 is 28.8 Å². The van der Waals surface area contributed by atoms with Crippen molar-refractivity contribution in [3.8, 4) is 5.69 Å². The predicted octanol–water partition coefficient (Wildman–Crippen LogP) is 4.39. The number of carbonyl (C=O) groups is 2. The van der Waals surface area contributed by atoms with E-state index in [4.69, 9.17) is 4.42 Å². The smallest absolute Gasteiger partial charge is 0.251 e. The van der Waals surface area contributed by atoms with Crippen LogP contribution in [-0.4, -0.2) is 38.1 Å². The van der Waals surface area contributed by atoms with Crippen LogP contribution in [-0.2, 0) is 16.0 Å². The lowest BCUT2D eigenvalue weighted by Crippen LogP contribution is -2.47. The molecule has 0 spiro atoms. The summed E-state index contributed by atoms with van der Waals surface area (Å²) in [6, 6.07) is 12.1. The van der Waals surface area contributed by atoms with E-state index >= 15 is 0 Å². The molecule has 186 valence electrons. The number of furan rings is 1. The minimum Gasteiger partial charge on any atom is -0.467 e. The lowest BCUT2D eigenvalue weighted by Gasteiger charge is -2.32. The summed E-state index contributed by atoms with van der Waals surface area (Å²) in [7, 11) is 0. The van der Waals surface area contributed by atoms with Crippen molar-refractivity contribution in [1.29, 1.82) is 0 Å². The zero-order valence-corrected chi connectivity index (χ0v) is 20.9. The summed E-state index contributed by atoms with van der Waals surface area (Å²) in [5, 5.41) is 16.5. The van der Waals surface area contributed by atoms with Gasteiger partial charge in [0, 0.05) is 16.6 Å². The largest absolute Gasteiger partial charge is 0.467 e. The lowest BCUT2D eigenvalue weighted by molar-refractivity contribution is -0.127. The topological polar surface area (TPSA) is 106 Å². The Hall–Kier alpha value is -3.79. The Kier molecular flexibility index (Phi) is 7.22. The van der Waals surface area contributed by atoms with Crippen LogP contribution < -0.4 is 10.2 Å². The number of hydrogen-bond donors (Lipinski definition) is 1. The molecule has 4 aromatic rings. The number of carbonyl (C=O) groups excluding carboxylic acids is 2. The number of tetrazole rings is 1. The van der Waals surface area contributed by atoms with E-state index in [-0.39, 0.29) is 24.3 Å². The van der Waals surface area contributed by atoms with Gasteiger partial charge in [0.15, 0.2) is 6.04 Å². The van der Waals surface area contributed by atoms with Gasteiger partial charge in [-0.25, -0.2) is 4.68 Å². The Morgan fingerprint density at radius 1 is 1.19 bits per heavy atom. The Morgan fingerprint density at radius 2 is 2.06 bits per heavy atom. The van der Waals surface area contributed by atoms with Crippen LogP contribution in [0.2, 0.25) is 0 Å². The van der Waals surface area contributed by atoms with Crippen LogP contribution in [0.15, 0.2) is 64.9 Å². The van der Waals surface area contributed by atoms with Crippen LogP contribution in [0, 0.1) is 6.92 Å². The Morgan fingerprint density at radius 3 is 2.72 bits per heavy atom. The molecule has 1 aliphatic carbocycles. The Balaban J connectivity index is 1.54. The first-order valence-corrected chi connectivity index (χ1v) is 13.0. The lowest BCUT2D eigenvalue weighted by atomic mass is 9.95. The third kappa shape index (κ3) is 5.23. The van der Waals surface area contributed by atoms with Crippen molar-refractivity contribution < 1.29 is 14.0 Å². The highest BCUT2D eigenvalue weighted by molar-refractivity contribution is 7.10. The highest BCUT2D eigenvalue weighted by Crippen LogP contribution is 2.32. The average Bonchev–Trinajstić information content (AvgIpc) is 3.67. The van der Waals surface area contributed by atoms with Gasteiger partial charge in [0.2, 0.25) is 5.91 Å². The molecule has 1 atom stereocenters. The number of thiophene rings is 1. The van der Waals surface area contributed by atoms with Crippen LogP contribution in [0.25, 0.3) is 5.69 Å². The number of nitrogens with one attached hydrogen (secondary N) is 1. The molecule has 0 bridgehead atoms. The molecule has 1 fully saturated rings. The number of amides is 2. The van der Waals surface area contributed by atoms with E-state index in [1.165, 1.54) is 30.3 Å². The van der Waals surface area contributed by atoms with E-state index in [1.54, 1.807) is 21.7 Å². The molecule has 9 nitrogen and oxygen atoms in total. The second kappa shape index (κ2) is 10.9. The number of anilines is 1. The summed E-state index contributed by atoms with van der Waals surface area (Å²) in [6.07, 6.45) is 8.49.